The fraction of sp³-hybridized carbons (Fsp3) is 0.579. The number of aromatic nitrogens is 2. The van der Waals surface area contributed by atoms with Gasteiger partial charge in [-0.2, -0.15) is 10.4 Å². The summed E-state index contributed by atoms with van der Waals surface area (Å²) in [4.78, 5) is 3.56. The van der Waals surface area contributed by atoms with Gasteiger partial charge >= 0.3 is 0 Å². The van der Waals surface area contributed by atoms with Crippen molar-refractivity contribution in [1.29, 1.82) is 5.26 Å². The van der Waals surface area contributed by atoms with Crippen LogP contribution in [-0.2, 0) is 34.2 Å². The monoisotopic (exact) mass is 438 g/mol. The maximum atomic E-state index is 11.2. The molecule has 28 heavy (non-hydrogen) atoms. The van der Waals surface area contributed by atoms with Gasteiger partial charge in [0.2, 0.25) is 0 Å². The summed E-state index contributed by atoms with van der Waals surface area (Å²) in [5.41, 5.74) is 1.94. The molecule has 0 aliphatic carbocycles. The van der Waals surface area contributed by atoms with Crippen molar-refractivity contribution in [2.75, 3.05) is 31.7 Å². The van der Waals surface area contributed by atoms with Crippen LogP contribution in [0.15, 0.2) is 18.5 Å². The predicted molar refractivity (Wildman–Crippen MR) is 111 cm³/mol. The predicted octanol–water partition coefficient (Wildman–Crippen LogP) is 3.11. The van der Waals surface area contributed by atoms with E-state index < -0.39 is 10.8 Å². The number of aryl methyl sites for hydroxylation is 1. The van der Waals surface area contributed by atoms with Crippen LogP contribution in [0.2, 0.25) is 4.34 Å². The van der Waals surface area contributed by atoms with Crippen molar-refractivity contribution in [2.24, 2.45) is 0 Å². The van der Waals surface area contributed by atoms with Crippen molar-refractivity contribution in [3.63, 3.8) is 0 Å². The fourth-order valence-corrected chi connectivity index (χ4v) is 5.97. The van der Waals surface area contributed by atoms with Gasteiger partial charge in [0.15, 0.2) is 0 Å². The van der Waals surface area contributed by atoms with Gasteiger partial charge in [-0.25, -0.2) is 0 Å². The normalized spacial score (nSPS) is 22.7. The van der Waals surface area contributed by atoms with Crippen LogP contribution in [0.25, 0.3) is 0 Å². The zero-order valence-corrected chi connectivity index (χ0v) is 18.2. The fourth-order valence-electron chi connectivity index (χ4n) is 4.03. The standard InChI is InChI=1S/C19H23ClN4O2S2/c1-28(25)7-6-24-12-14(10-22-24)11-23-4-2-19(3-5-23)18-16(8-17(20)27-18)15(9-21)13-26-19/h8,10,12,15H,2-7,11,13H2,1H3. The Morgan fingerprint density at radius 1 is 1.50 bits per heavy atom. The molecular formula is C19H23ClN4O2S2. The highest BCUT2D eigenvalue weighted by Crippen LogP contribution is 2.49. The van der Waals surface area contributed by atoms with E-state index in [-0.39, 0.29) is 11.5 Å². The topological polar surface area (TPSA) is 71.2 Å². The molecule has 0 saturated carbocycles. The maximum Gasteiger partial charge on any atom is 0.105 e. The van der Waals surface area contributed by atoms with E-state index in [1.807, 2.05) is 23.1 Å². The molecule has 2 aromatic rings. The van der Waals surface area contributed by atoms with Crippen LogP contribution in [-0.4, -0.2) is 50.6 Å². The lowest BCUT2D eigenvalue weighted by Crippen LogP contribution is -2.46. The molecule has 0 radical (unpaired) electrons. The first-order valence-corrected chi connectivity index (χ1v) is 12.3. The molecule has 2 aromatic heterocycles. The van der Waals surface area contributed by atoms with Gasteiger partial charge in [0.05, 0.1) is 35.7 Å². The first-order valence-electron chi connectivity index (χ1n) is 9.36. The minimum atomic E-state index is -0.803. The van der Waals surface area contributed by atoms with Crippen LogP contribution in [0.4, 0.5) is 0 Å². The summed E-state index contributed by atoms with van der Waals surface area (Å²) in [6, 6.07) is 4.29. The number of piperidine rings is 1. The van der Waals surface area contributed by atoms with Gasteiger partial charge < -0.3 is 4.74 Å². The Hall–Kier alpha value is -1.24. The molecule has 2 unspecified atom stereocenters. The Bertz CT molecular complexity index is 911. The second-order valence-electron chi connectivity index (χ2n) is 7.49. The highest BCUT2D eigenvalue weighted by Gasteiger charge is 2.45. The third-order valence-electron chi connectivity index (χ3n) is 5.57. The SMILES string of the molecule is CS(=O)CCn1cc(CN2CCC3(CC2)OCC(C#N)c2cc(Cl)sc23)cn1. The maximum absolute atomic E-state index is 11.2. The number of fused-ring (bicyclic) bond motifs is 2. The van der Waals surface area contributed by atoms with Gasteiger partial charge in [-0.15, -0.1) is 11.3 Å². The number of ether oxygens (including phenoxy) is 1. The van der Waals surface area contributed by atoms with Crippen molar-refractivity contribution in [3.05, 3.63) is 38.8 Å². The van der Waals surface area contributed by atoms with E-state index in [1.165, 1.54) is 5.56 Å². The van der Waals surface area contributed by atoms with Gasteiger partial charge in [0.25, 0.3) is 0 Å². The summed E-state index contributed by atoms with van der Waals surface area (Å²) < 4.78 is 20.1. The van der Waals surface area contributed by atoms with Crippen LogP contribution >= 0.6 is 22.9 Å². The van der Waals surface area contributed by atoms with Gasteiger partial charge in [0.1, 0.15) is 5.60 Å². The highest BCUT2D eigenvalue weighted by atomic mass is 35.5. The summed E-state index contributed by atoms with van der Waals surface area (Å²) >= 11 is 7.84. The average molecular weight is 439 g/mol. The largest absolute Gasteiger partial charge is 0.368 e. The molecule has 1 spiro atoms. The molecule has 4 rings (SSSR count). The molecule has 0 aromatic carbocycles. The van der Waals surface area contributed by atoms with Gasteiger partial charge in [0, 0.05) is 59.1 Å². The summed E-state index contributed by atoms with van der Waals surface area (Å²) in [5.74, 6) is 0.408. The molecule has 2 atom stereocenters. The van der Waals surface area contributed by atoms with Crippen molar-refractivity contribution in [2.45, 2.75) is 37.5 Å². The molecule has 9 heteroatoms. The van der Waals surface area contributed by atoms with Crippen LogP contribution in [0.5, 0.6) is 0 Å². The first kappa shape index (κ1) is 20.0. The minimum Gasteiger partial charge on any atom is -0.368 e. The lowest BCUT2D eigenvalue weighted by atomic mass is 9.82. The average Bonchev–Trinajstić information content (AvgIpc) is 3.29. The molecule has 0 amide bonds. The second kappa shape index (κ2) is 8.25. The van der Waals surface area contributed by atoms with E-state index in [4.69, 9.17) is 16.3 Å². The van der Waals surface area contributed by atoms with Crippen LogP contribution < -0.4 is 0 Å². The van der Waals surface area contributed by atoms with E-state index in [0.717, 1.165) is 47.3 Å². The Kier molecular flexibility index (Phi) is 5.91. The van der Waals surface area contributed by atoms with E-state index in [9.17, 15) is 9.47 Å². The first-order chi connectivity index (χ1) is 13.5. The second-order valence-corrected chi connectivity index (χ2v) is 10.7. The summed E-state index contributed by atoms with van der Waals surface area (Å²) in [6.45, 7) is 3.83. The third-order valence-corrected chi connectivity index (χ3v) is 7.79. The summed E-state index contributed by atoms with van der Waals surface area (Å²) in [6.07, 6.45) is 7.46. The number of thiophene rings is 1. The molecule has 1 saturated heterocycles. The molecule has 0 bridgehead atoms. The van der Waals surface area contributed by atoms with Crippen LogP contribution in [0, 0.1) is 11.3 Å². The Morgan fingerprint density at radius 2 is 2.29 bits per heavy atom. The van der Waals surface area contributed by atoms with E-state index in [0.29, 0.717) is 18.9 Å². The Balaban J connectivity index is 1.40. The summed E-state index contributed by atoms with van der Waals surface area (Å²) in [7, 11) is -0.803. The minimum absolute atomic E-state index is 0.217. The number of nitriles is 1. The van der Waals surface area contributed by atoms with Crippen molar-refractivity contribution < 1.29 is 8.95 Å². The number of hydrogen-bond donors (Lipinski definition) is 0. The molecule has 0 N–H and O–H groups in total. The quantitative estimate of drug-likeness (QED) is 0.717. The highest BCUT2D eigenvalue weighted by molar-refractivity contribution is 7.84. The molecule has 2 aliphatic heterocycles. The Morgan fingerprint density at radius 3 is 3.00 bits per heavy atom. The van der Waals surface area contributed by atoms with Gasteiger partial charge in [-0.05, 0) is 24.5 Å². The zero-order valence-electron chi connectivity index (χ0n) is 15.8. The lowest BCUT2D eigenvalue weighted by molar-refractivity contribution is -0.0994. The van der Waals surface area contributed by atoms with Crippen molar-refractivity contribution in [1.82, 2.24) is 14.7 Å². The molecule has 150 valence electrons. The van der Waals surface area contributed by atoms with E-state index >= 15 is 0 Å². The number of halogens is 1. The zero-order chi connectivity index (χ0) is 19.7. The lowest BCUT2D eigenvalue weighted by Gasteiger charge is -2.44. The smallest absolute Gasteiger partial charge is 0.105 e. The van der Waals surface area contributed by atoms with E-state index in [1.54, 1.807) is 17.6 Å². The number of likely N-dealkylation sites (tertiary alicyclic amines) is 1. The molecule has 6 nitrogen and oxygen atoms in total. The van der Waals surface area contributed by atoms with Crippen molar-refractivity contribution in [3.8, 4) is 6.07 Å². The van der Waals surface area contributed by atoms with Gasteiger partial charge in [-0.1, -0.05) is 11.6 Å². The van der Waals surface area contributed by atoms with Crippen LogP contribution in [0.3, 0.4) is 0 Å². The molecule has 2 aliphatic rings. The number of hydrogen-bond acceptors (Lipinski definition) is 6. The van der Waals surface area contributed by atoms with Gasteiger partial charge in [-0.3, -0.25) is 13.8 Å². The molecule has 1 fully saturated rings. The Labute approximate surface area is 176 Å². The molecular weight excluding hydrogens is 416 g/mol. The number of rotatable bonds is 5. The summed E-state index contributed by atoms with van der Waals surface area (Å²) in [5, 5.41) is 13.8. The third kappa shape index (κ3) is 4.05. The van der Waals surface area contributed by atoms with E-state index in [2.05, 4.69) is 16.1 Å². The molecule has 4 heterocycles. The van der Waals surface area contributed by atoms with Crippen molar-refractivity contribution >= 4 is 33.7 Å². The van der Waals surface area contributed by atoms with Crippen LogP contribution in [0.1, 0.15) is 34.8 Å². The number of nitrogens with zero attached hydrogens (tertiary/aromatic N) is 4.